The minimum atomic E-state index is -0.215. The molecule has 0 aromatic carbocycles. The molecule has 3 N–H and O–H groups in total. The van der Waals surface area contributed by atoms with Crippen molar-refractivity contribution in [2.75, 3.05) is 13.2 Å². The molecule has 1 heterocycles. The van der Waals surface area contributed by atoms with Crippen LogP contribution in [-0.4, -0.2) is 29.1 Å². The SMILES string of the molecule is CC(C)CC(CCO)CNC(=O)c1ccc(C#N)[nH]1. The van der Waals surface area contributed by atoms with E-state index >= 15 is 0 Å². The summed E-state index contributed by atoms with van der Waals surface area (Å²) in [5, 5.41) is 20.5. The Morgan fingerprint density at radius 1 is 1.53 bits per heavy atom. The Kier molecular flexibility index (Phi) is 6.10. The fourth-order valence-corrected chi connectivity index (χ4v) is 2.08. The van der Waals surface area contributed by atoms with E-state index in [0.717, 1.165) is 6.42 Å². The van der Waals surface area contributed by atoms with Crippen molar-refractivity contribution >= 4 is 5.91 Å². The highest BCUT2D eigenvalue weighted by Gasteiger charge is 2.13. The monoisotopic (exact) mass is 263 g/mol. The normalized spacial score (nSPS) is 12.2. The zero-order valence-electron chi connectivity index (χ0n) is 11.4. The molecule has 1 amide bonds. The Labute approximate surface area is 113 Å². The number of aliphatic hydroxyl groups excluding tert-OH is 1. The molecule has 0 bridgehead atoms. The lowest BCUT2D eigenvalue weighted by atomic mass is 9.94. The maximum atomic E-state index is 11.9. The molecular weight excluding hydrogens is 242 g/mol. The minimum absolute atomic E-state index is 0.133. The second-order valence-electron chi connectivity index (χ2n) is 5.12. The first kappa shape index (κ1) is 15.3. The van der Waals surface area contributed by atoms with Crippen molar-refractivity contribution in [2.45, 2.75) is 26.7 Å². The number of H-pyrrole nitrogens is 1. The van der Waals surface area contributed by atoms with Gasteiger partial charge in [0.2, 0.25) is 0 Å². The van der Waals surface area contributed by atoms with Gasteiger partial charge in [0.1, 0.15) is 17.5 Å². The summed E-state index contributed by atoms with van der Waals surface area (Å²) in [6.07, 6.45) is 1.65. The number of aromatic amines is 1. The van der Waals surface area contributed by atoms with Gasteiger partial charge in [-0.1, -0.05) is 13.8 Å². The van der Waals surface area contributed by atoms with E-state index in [4.69, 9.17) is 10.4 Å². The first-order valence-electron chi connectivity index (χ1n) is 6.55. The van der Waals surface area contributed by atoms with Gasteiger partial charge in [0, 0.05) is 13.2 Å². The van der Waals surface area contributed by atoms with Gasteiger partial charge in [0.05, 0.1) is 0 Å². The molecule has 0 fully saturated rings. The molecule has 0 saturated carbocycles. The van der Waals surface area contributed by atoms with Crippen LogP contribution in [0.4, 0.5) is 0 Å². The van der Waals surface area contributed by atoms with Crippen molar-refractivity contribution in [3.05, 3.63) is 23.5 Å². The van der Waals surface area contributed by atoms with Crippen LogP contribution >= 0.6 is 0 Å². The third-order valence-corrected chi connectivity index (χ3v) is 2.94. The highest BCUT2D eigenvalue weighted by atomic mass is 16.3. The van der Waals surface area contributed by atoms with Crippen LogP contribution in [0.2, 0.25) is 0 Å². The largest absolute Gasteiger partial charge is 0.396 e. The summed E-state index contributed by atoms with van der Waals surface area (Å²) in [4.78, 5) is 14.6. The Balaban J connectivity index is 2.49. The summed E-state index contributed by atoms with van der Waals surface area (Å²) >= 11 is 0. The lowest BCUT2D eigenvalue weighted by molar-refractivity contribution is 0.0937. The number of nitrogens with zero attached hydrogens (tertiary/aromatic N) is 1. The summed E-state index contributed by atoms with van der Waals surface area (Å²) in [7, 11) is 0. The van der Waals surface area contributed by atoms with Crippen molar-refractivity contribution < 1.29 is 9.90 Å². The van der Waals surface area contributed by atoms with Gasteiger partial charge in [-0.25, -0.2) is 0 Å². The van der Waals surface area contributed by atoms with E-state index in [2.05, 4.69) is 24.1 Å². The number of amides is 1. The summed E-state index contributed by atoms with van der Waals surface area (Å²) in [5.74, 6) is 0.594. The number of aromatic nitrogens is 1. The number of hydrogen-bond donors (Lipinski definition) is 3. The molecule has 0 aliphatic rings. The predicted molar refractivity (Wildman–Crippen MR) is 72.5 cm³/mol. The molecule has 0 spiro atoms. The van der Waals surface area contributed by atoms with Crippen LogP contribution in [-0.2, 0) is 0 Å². The molecule has 1 atom stereocenters. The van der Waals surface area contributed by atoms with Crippen molar-refractivity contribution in [2.24, 2.45) is 11.8 Å². The second-order valence-corrected chi connectivity index (χ2v) is 5.12. The number of hydrogen-bond acceptors (Lipinski definition) is 3. The topological polar surface area (TPSA) is 88.9 Å². The Hall–Kier alpha value is -1.80. The first-order valence-corrected chi connectivity index (χ1v) is 6.55. The minimum Gasteiger partial charge on any atom is -0.396 e. The third-order valence-electron chi connectivity index (χ3n) is 2.94. The zero-order valence-corrected chi connectivity index (χ0v) is 11.4. The summed E-state index contributed by atoms with van der Waals surface area (Å²) < 4.78 is 0. The van der Waals surface area contributed by atoms with E-state index in [1.807, 2.05) is 6.07 Å². The van der Waals surface area contributed by atoms with Crippen molar-refractivity contribution in [3.63, 3.8) is 0 Å². The van der Waals surface area contributed by atoms with Crippen LogP contribution in [0.3, 0.4) is 0 Å². The predicted octanol–water partition coefficient (Wildman–Crippen LogP) is 1.66. The van der Waals surface area contributed by atoms with Crippen LogP contribution < -0.4 is 5.32 Å². The molecule has 1 aromatic rings. The van der Waals surface area contributed by atoms with E-state index in [9.17, 15) is 4.79 Å². The standard InChI is InChI=1S/C14H21N3O2/c1-10(2)7-11(5-6-18)9-16-14(19)13-4-3-12(8-15)17-13/h3-4,10-11,17-18H,5-7,9H2,1-2H3,(H,16,19). The van der Waals surface area contributed by atoms with E-state index in [-0.39, 0.29) is 18.4 Å². The molecule has 0 radical (unpaired) electrons. The fraction of sp³-hybridized carbons (Fsp3) is 0.571. The molecule has 1 unspecified atom stereocenters. The average Bonchev–Trinajstić information content (AvgIpc) is 2.84. The Bertz CT molecular complexity index is 446. The number of carbonyl (C=O) groups excluding carboxylic acids is 1. The molecule has 0 aliphatic carbocycles. The number of nitrogens with one attached hydrogen (secondary N) is 2. The number of nitriles is 1. The number of carbonyl (C=O) groups is 1. The van der Waals surface area contributed by atoms with Crippen molar-refractivity contribution in [3.8, 4) is 6.07 Å². The maximum absolute atomic E-state index is 11.9. The van der Waals surface area contributed by atoms with Crippen LogP contribution in [0.5, 0.6) is 0 Å². The summed E-state index contributed by atoms with van der Waals surface area (Å²) in [6, 6.07) is 5.12. The summed E-state index contributed by atoms with van der Waals surface area (Å²) in [5.41, 5.74) is 0.767. The van der Waals surface area contributed by atoms with Crippen LogP contribution in [0.1, 0.15) is 42.9 Å². The Morgan fingerprint density at radius 3 is 2.79 bits per heavy atom. The van der Waals surface area contributed by atoms with Gasteiger partial charge in [-0.3, -0.25) is 4.79 Å². The van der Waals surface area contributed by atoms with Gasteiger partial charge >= 0.3 is 0 Å². The maximum Gasteiger partial charge on any atom is 0.267 e. The fourth-order valence-electron chi connectivity index (χ4n) is 2.08. The van der Waals surface area contributed by atoms with Crippen LogP contribution in [0.25, 0.3) is 0 Å². The van der Waals surface area contributed by atoms with E-state index in [1.165, 1.54) is 0 Å². The van der Waals surface area contributed by atoms with Crippen LogP contribution in [0.15, 0.2) is 12.1 Å². The average molecular weight is 263 g/mol. The summed E-state index contributed by atoms with van der Waals surface area (Å²) in [6.45, 7) is 4.92. The van der Waals surface area contributed by atoms with Gasteiger partial charge in [-0.2, -0.15) is 5.26 Å². The Morgan fingerprint density at radius 2 is 2.26 bits per heavy atom. The first-order chi connectivity index (χ1) is 9.06. The third kappa shape index (κ3) is 5.14. The lowest BCUT2D eigenvalue weighted by Crippen LogP contribution is -2.30. The molecule has 1 aromatic heterocycles. The molecule has 104 valence electrons. The highest BCUT2D eigenvalue weighted by molar-refractivity contribution is 5.92. The smallest absolute Gasteiger partial charge is 0.267 e. The van der Waals surface area contributed by atoms with E-state index in [0.29, 0.717) is 30.3 Å². The quantitative estimate of drug-likeness (QED) is 0.699. The van der Waals surface area contributed by atoms with Gasteiger partial charge < -0.3 is 15.4 Å². The molecule has 1 rings (SSSR count). The van der Waals surface area contributed by atoms with Gasteiger partial charge in [-0.05, 0) is 36.8 Å². The zero-order chi connectivity index (χ0) is 14.3. The highest BCUT2D eigenvalue weighted by Crippen LogP contribution is 2.14. The molecule has 0 saturated heterocycles. The molecule has 0 aliphatic heterocycles. The molecule has 19 heavy (non-hydrogen) atoms. The van der Waals surface area contributed by atoms with Crippen molar-refractivity contribution in [1.29, 1.82) is 5.26 Å². The molecular formula is C14H21N3O2. The van der Waals surface area contributed by atoms with Gasteiger partial charge in [-0.15, -0.1) is 0 Å². The second kappa shape index (κ2) is 7.59. The van der Waals surface area contributed by atoms with Gasteiger partial charge in [0.25, 0.3) is 5.91 Å². The number of aliphatic hydroxyl groups is 1. The number of rotatable bonds is 7. The van der Waals surface area contributed by atoms with Crippen molar-refractivity contribution in [1.82, 2.24) is 10.3 Å². The van der Waals surface area contributed by atoms with Crippen LogP contribution in [0, 0.1) is 23.2 Å². The molecule has 5 nitrogen and oxygen atoms in total. The van der Waals surface area contributed by atoms with Gasteiger partial charge in [0.15, 0.2) is 0 Å². The lowest BCUT2D eigenvalue weighted by Gasteiger charge is -2.18. The van der Waals surface area contributed by atoms with E-state index in [1.54, 1.807) is 12.1 Å². The molecule has 5 heteroatoms. The van der Waals surface area contributed by atoms with E-state index < -0.39 is 0 Å².